The Labute approximate surface area is 154 Å². The van der Waals surface area contributed by atoms with Gasteiger partial charge in [-0.15, -0.1) is 0 Å². The smallest absolute Gasteiger partial charge is 0.361 e. The SMILES string of the molecule is O=C1COc2ccc(C(=O)c3ccccc3C(=O)N=[N+]=NC3CC3)cc2N1. The van der Waals surface area contributed by atoms with Crippen molar-refractivity contribution in [2.75, 3.05) is 11.9 Å². The highest BCUT2D eigenvalue weighted by Gasteiger charge is 2.27. The van der Waals surface area contributed by atoms with Gasteiger partial charge >= 0.3 is 5.91 Å². The third-order valence-corrected chi connectivity index (χ3v) is 4.17. The van der Waals surface area contributed by atoms with Crippen LogP contribution in [0.15, 0.2) is 52.7 Å². The Bertz CT molecular complexity index is 1020. The lowest BCUT2D eigenvalue weighted by molar-refractivity contribution is -0.118. The molecule has 0 atom stereocenters. The molecule has 2 amide bonds. The highest BCUT2D eigenvalue weighted by atomic mass is 16.5. The number of amides is 2. The molecule has 1 fully saturated rings. The Balaban J connectivity index is 1.64. The van der Waals surface area contributed by atoms with Crippen molar-refractivity contribution in [3.63, 3.8) is 0 Å². The number of ether oxygens (including phenoxy) is 1. The fourth-order valence-corrected chi connectivity index (χ4v) is 2.63. The van der Waals surface area contributed by atoms with Crippen molar-refractivity contribution in [1.82, 2.24) is 4.91 Å². The van der Waals surface area contributed by atoms with Gasteiger partial charge < -0.3 is 10.1 Å². The molecule has 2 aromatic carbocycles. The maximum Gasteiger partial charge on any atom is 0.361 e. The van der Waals surface area contributed by atoms with E-state index in [0.29, 0.717) is 17.0 Å². The van der Waals surface area contributed by atoms with E-state index in [1.54, 1.807) is 30.3 Å². The molecule has 0 bridgehead atoms. The van der Waals surface area contributed by atoms with Gasteiger partial charge in [0.15, 0.2) is 12.4 Å². The summed E-state index contributed by atoms with van der Waals surface area (Å²) in [5, 5.41) is 10.1. The molecule has 1 N–H and O–H groups in total. The average molecular weight is 363 g/mol. The summed E-state index contributed by atoms with van der Waals surface area (Å²) in [5.41, 5.74) is 1.09. The van der Waals surface area contributed by atoms with Gasteiger partial charge in [0.1, 0.15) is 16.9 Å². The van der Waals surface area contributed by atoms with Gasteiger partial charge in [-0.1, -0.05) is 18.2 Å². The van der Waals surface area contributed by atoms with Gasteiger partial charge in [-0.3, -0.25) is 14.4 Å². The molecule has 1 aliphatic carbocycles. The number of anilines is 1. The monoisotopic (exact) mass is 363 g/mol. The second-order valence-electron chi connectivity index (χ2n) is 6.26. The van der Waals surface area contributed by atoms with E-state index < -0.39 is 5.91 Å². The first kappa shape index (κ1) is 16.8. The van der Waals surface area contributed by atoms with Crippen LogP contribution in [0.2, 0.25) is 0 Å². The molecule has 8 nitrogen and oxygen atoms in total. The fraction of sp³-hybridized carbons (Fsp3) is 0.211. The first-order valence-electron chi connectivity index (χ1n) is 8.47. The van der Waals surface area contributed by atoms with Crippen LogP contribution in [-0.4, -0.2) is 30.2 Å². The van der Waals surface area contributed by atoms with Crippen LogP contribution in [0.3, 0.4) is 0 Å². The van der Waals surface area contributed by atoms with E-state index in [-0.39, 0.29) is 35.5 Å². The summed E-state index contributed by atoms with van der Waals surface area (Å²) >= 11 is 0. The Kier molecular flexibility index (Phi) is 4.32. The van der Waals surface area contributed by atoms with Crippen LogP contribution in [0.4, 0.5) is 5.69 Å². The largest absolute Gasteiger partial charge is 0.482 e. The summed E-state index contributed by atoms with van der Waals surface area (Å²) in [6.07, 6.45) is 1.92. The molecule has 0 unspecified atom stereocenters. The summed E-state index contributed by atoms with van der Waals surface area (Å²) in [6.45, 7) is -0.0610. The number of nitrogens with one attached hydrogen (secondary N) is 1. The van der Waals surface area contributed by atoms with E-state index in [2.05, 4.69) is 20.5 Å². The molecule has 1 aliphatic heterocycles. The van der Waals surface area contributed by atoms with E-state index in [1.807, 2.05) is 0 Å². The molecule has 0 radical (unpaired) electrons. The first-order valence-corrected chi connectivity index (χ1v) is 8.47. The predicted molar refractivity (Wildman–Crippen MR) is 94.8 cm³/mol. The first-order chi connectivity index (χ1) is 13.1. The van der Waals surface area contributed by atoms with Crippen LogP contribution in [0.1, 0.15) is 39.1 Å². The van der Waals surface area contributed by atoms with Crippen molar-refractivity contribution in [2.24, 2.45) is 10.2 Å². The number of benzene rings is 2. The Morgan fingerprint density at radius 3 is 2.67 bits per heavy atom. The molecule has 0 aromatic heterocycles. The van der Waals surface area contributed by atoms with Gasteiger partial charge in [0.2, 0.25) is 10.0 Å². The third kappa shape index (κ3) is 3.65. The molecule has 2 aromatic rings. The number of rotatable bonds is 4. The minimum absolute atomic E-state index is 0.0610. The van der Waals surface area contributed by atoms with Crippen LogP contribution < -0.4 is 15.0 Å². The van der Waals surface area contributed by atoms with Crippen molar-refractivity contribution in [2.45, 2.75) is 18.9 Å². The van der Waals surface area contributed by atoms with E-state index in [1.165, 1.54) is 12.1 Å². The summed E-state index contributed by atoms with van der Waals surface area (Å²) in [7, 11) is 0. The molecule has 0 spiro atoms. The van der Waals surface area contributed by atoms with E-state index in [9.17, 15) is 14.4 Å². The minimum atomic E-state index is -0.627. The van der Waals surface area contributed by atoms with E-state index in [4.69, 9.17) is 4.74 Å². The number of nitrogens with zero attached hydrogens (tertiary/aromatic N) is 3. The molecular weight excluding hydrogens is 348 g/mol. The van der Waals surface area contributed by atoms with Crippen molar-refractivity contribution >= 4 is 23.3 Å². The molecule has 27 heavy (non-hydrogen) atoms. The van der Waals surface area contributed by atoms with E-state index >= 15 is 0 Å². The molecule has 4 rings (SSSR count). The fourth-order valence-electron chi connectivity index (χ4n) is 2.63. The molecule has 0 saturated heterocycles. The Hall–Kier alpha value is -3.64. The Morgan fingerprint density at radius 2 is 1.89 bits per heavy atom. The van der Waals surface area contributed by atoms with Gasteiger partial charge in [0.25, 0.3) is 5.91 Å². The van der Waals surface area contributed by atoms with Crippen LogP contribution in [0, 0.1) is 0 Å². The average Bonchev–Trinajstić information content (AvgIpc) is 3.51. The number of hydrogen-bond acceptors (Lipinski definition) is 5. The van der Waals surface area contributed by atoms with Gasteiger partial charge in [-0.2, -0.15) is 0 Å². The second kappa shape index (κ2) is 6.93. The van der Waals surface area contributed by atoms with Crippen LogP contribution in [0.25, 0.3) is 0 Å². The third-order valence-electron chi connectivity index (χ3n) is 4.17. The lowest BCUT2D eigenvalue weighted by atomic mass is 9.97. The molecule has 1 heterocycles. The van der Waals surface area contributed by atoms with Crippen molar-refractivity contribution in [3.05, 3.63) is 59.2 Å². The van der Waals surface area contributed by atoms with Crippen LogP contribution >= 0.6 is 0 Å². The summed E-state index contributed by atoms with van der Waals surface area (Å²) in [4.78, 5) is 40.3. The number of fused-ring (bicyclic) bond motifs is 1. The number of hydrogen-bond donors (Lipinski definition) is 1. The van der Waals surface area contributed by atoms with Gasteiger partial charge in [0, 0.05) is 11.1 Å². The van der Waals surface area contributed by atoms with Gasteiger partial charge in [0.05, 0.1) is 11.3 Å². The highest BCUT2D eigenvalue weighted by Crippen LogP contribution is 2.29. The topological polar surface area (TPSA) is 111 Å². The number of carbonyl (C=O) groups excluding carboxylic acids is 3. The molecule has 1 saturated carbocycles. The van der Waals surface area contributed by atoms with Crippen molar-refractivity contribution < 1.29 is 19.1 Å². The van der Waals surface area contributed by atoms with Crippen molar-refractivity contribution in [1.29, 1.82) is 0 Å². The van der Waals surface area contributed by atoms with Gasteiger partial charge in [-0.05, 0) is 37.1 Å². The summed E-state index contributed by atoms with van der Waals surface area (Å²) in [6, 6.07) is 11.3. The maximum absolute atomic E-state index is 12.9. The van der Waals surface area contributed by atoms with E-state index in [0.717, 1.165) is 12.8 Å². The second-order valence-corrected chi connectivity index (χ2v) is 6.26. The quantitative estimate of drug-likeness (QED) is 0.511. The van der Waals surface area contributed by atoms with Crippen LogP contribution in [0.5, 0.6) is 5.75 Å². The molecular formula is C19H15N4O4+. The summed E-state index contributed by atoms with van der Waals surface area (Å²) < 4.78 is 5.29. The summed E-state index contributed by atoms with van der Waals surface area (Å²) in [5.74, 6) is -0.789. The molecule has 8 heteroatoms. The molecule has 2 aliphatic rings. The minimum Gasteiger partial charge on any atom is -0.482 e. The highest BCUT2D eigenvalue weighted by molar-refractivity contribution is 6.16. The zero-order chi connectivity index (χ0) is 18.8. The maximum atomic E-state index is 12.9. The zero-order valence-corrected chi connectivity index (χ0v) is 14.2. The van der Waals surface area contributed by atoms with Crippen LogP contribution in [-0.2, 0) is 4.79 Å². The standard InChI is InChI=1S/C19H14N4O4/c24-17-10-27-16-8-5-11(9-15(16)20-17)18(25)13-3-1-2-4-14(13)19(26)22-23-21-12-6-7-12/h1-5,8-9,12H,6-7,10H2/p+1. The zero-order valence-electron chi connectivity index (χ0n) is 14.2. The molecule has 134 valence electrons. The lowest BCUT2D eigenvalue weighted by Crippen LogP contribution is -2.25. The van der Waals surface area contributed by atoms with Gasteiger partial charge in [-0.25, -0.2) is 0 Å². The normalized spacial score (nSPS) is 14.9. The number of carbonyl (C=O) groups is 3. The number of ketones is 1. The van der Waals surface area contributed by atoms with Crippen molar-refractivity contribution in [3.8, 4) is 5.75 Å². The predicted octanol–water partition coefficient (Wildman–Crippen LogP) is 2.52. The lowest BCUT2D eigenvalue weighted by Gasteiger charge is -2.18. The Morgan fingerprint density at radius 1 is 1.11 bits per heavy atom.